The van der Waals surface area contributed by atoms with Gasteiger partial charge in [0.1, 0.15) is 0 Å². The average molecular weight is 245 g/mol. The Balaban J connectivity index is 1.95. The molecule has 1 unspecified atom stereocenters. The van der Waals surface area contributed by atoms with E-state index in [-0.39, 0.29) is 0 Å². The minimum atomic E-state index is 0.500. The third-order valence-corrected chi connectivity index (χ3v) is 3.85. The van der Waals surface area contributed by atoms with Gasteiger partial charge in [-0.2, -0.15) is 0 Å². The molecule has 90 valence electrons. The van der Waals surface area contributed by atoms with Gasteiger partial charge in [0, 0.05) is 17.5 Å². The van der Waals surface area contributed by atoms with Gasteiger partial charge in [-0.25, -0.2) is 0 Å². The topological polar surface area (TPSA) is 12.0 Å². The molecule has 0 fully saturated rings. The Morgan fingerprint density at radius 2 is 1.94 bits per heavy atom. The molecule has 1 aromatic carbocycles. The van der Waals surface area contributed by atoms with Crippen molar-refractivity contribution < 1.29 is 0 Å². The van der Waals surface area contributed by atoms with E-state index in [2.05, 4.69) is 60.1 Å². The molecule has 0 spiro atoms. The molecule has 0 aliphatic rings. The molecule has 0 radical (unpaired) electrons. The van der Waals surface area contributed by atoms with Crippen LogP contribution in [-0.4, -0.2) is 0 Å². The van der Waals surface area contributed by atoms with Gasteiger partial charge in [-0.05, 0) is 23.4 Å². The maximum Gasteiger partial charge on any atom is 0.0417 e. The Kier molecular flexibility index (Phi) is 4.77. The van der Waals surface area contributed by atoms with Crippen molar-refractivity contribution in [2.45, 2.75) is 32.4 Å². The summed E-state index contributed by atoms with van der Waals surface area (Å²) >= 11 is 1.84. The van der Waals surface area contributed by atoms with Gasteiger partial charge >= 0.3 is 0 Å². The lowest BCUT2D eigenvalue weighted by atomic mass is 10.1. The second-order valence-corrected chi connectivity index (χ2v) is 5.20. The highest BCUT2D eigenvalue weighted by molar-refractivity contribution is 7.10. The fourth-order valence-electron chi connectivity index (χ4n) is 1.96. The van der Waals surface area contributed by atoms with Crippen molar-refractivity contribution in [3.63, 3.8) is 0 Å². The van der Waals surface area contributed by atoms with E-state index in [0.717, 1.165) is 6.54 Å². The van der Waals surface area contributed by atoms with Crippen LogP contribution >= 0.6 is 11.3 Å². The normalized spacial score (nSPS) is 12.5. The molecule has 0 saturated carbocycles. The van der Waals surface area contributed by atoms with Crippen molar-refractivity contribution in [2.24, 2.45) is 0 Å². The van der Waals surface area contributed by atoms with Gasteiger partial charge in [0.25, 0.3) is 0 Å². The fourth-order valence-corrected chi connectivity index (χ4v) is 2.80. The van der Waals surface area contributed by atoms with Crippen LogP contribution in [0.25, 0.3) is 0 Å². The van der Waals surface area contributed by atoms with E-state index in [1.54, 1.807) is 0 Å². The highest BCUT2D eigenvalue weighted by atomic mass is 32.1. The molecule has 0 amide bonds. The Morgan fingerprint density at radius 1 is 1.12 bits per heavy atom. The molecule has 2 rings (SSSR count). The lowest BCUT2D eigenvalue weighted by Crippen LogP contribution is -2.19. The summed E-state index contributed by atoms with van der Waals surface area (Å²) < 4.78 is 0. The molecule has 1 heterocycles. The van der Waals surface area contributed by atoms with E-state index in [9.17, 15) is 0 Å². The number of thiophene rings is 1. The lowest BCUT2D eigenvalue weighted by Gasteiger charge is -2.16. The number of rotatable bonds is 6. The summed E-state index contributed by atoms with van der Waals surface area (Å²) in [5.41, 5.74) is 1.35. The zero-order valence-electron chi connectivity index (χ0n) is 10.2. The Labute approximate surface area is 108 Å². The van der Waals surface area contributed by atoms with Crippen LogP contribution in [0, 0.1) is 0 Å². The van der Waals surface area contributed by atoms with Crippen molar-refractivity contribution >= 4 is 11.3 Å². The van der Waals surface area contributed by atoms with Crippen LogP contribution in [0.4, 0.5) is 0 Å². The molecule has 2 aromatic rings. The number of nitrogens with one attached hydrogen (secondary N) is 1. The molecule has 1 nitrogen and oxygen atoms in total. The third-order valence-electron chi connectivity index (χ3n) is 2.86. The molecular formula is C15H19NS. The molecule has 0 aliphatic carbocycles. The first-order valence-electron chi connectivity index (χ1n) is 6.21. The zero-order valence-corrected chi connectivity index (χ0v) is 11.0. The molecular weight excluding hydrogens is 226 g/mol. The molecule has 1 N–H and O–H groups in total. The van der Waals surface area contributed by atoms with Crippen LogP contribution < -0.4 is 5.32 Å². The molecule has 17 heavy (non-hydrogen) atoms. The third kappa shape index (κ3) is 3.69. The van der Waals surface area contributed by atoms with Gasteiger partial charge in [-0.1, -0.05) is 49.7 Å². The van der Waals surface area contributed by atoms with Gasteiger partial charge in [0.2, 0.25) is 0 Å². The Hall–Kier alpha value is -1.12. The lowest BCUT2D eigenvalue weighted by molar-refractivity contribution is 0.500. The van der Waals surface area contributed by atoms with Crippen LogP contribution in [0.1, 0.15) is 36.2 Å². The summed E-state index contributed by atoms with van der Waals surface area (Å²) in [5.74, 6) is 0. The van der Waals surface area contributed by atoms with Crippen LogP contribution in [-0.2, 0) is 6.54 Å². The largest absolute Gasteiger partial charge is 0.305 e. The van der Waals surface area contributed by atoms with E-state index in [0.29, 0.717) is 6.04 Å². The summed E-state index contributed by atoms with van der Waals surface area (Å²) in [5, 5.41) is 5.80. The van der Waals surface area contributed by atoms with E-state index >= 15 is 0 Å². The van der Waals surface area contributed by atoms with Crippen molar-refractivity contribution in [1.82, 2.24) is 5.32 Å². The first-order valence-corrected chi connectivity index (χ1v) is 7.09. The van der Waals surface area contributed by atoms with Gasteiger partial charge in [-0.15, -0.1) is 11.3 Å². The Morgan fingerprint density at radius 3 is 2.59 bits per heavy atom. The average Bonchev–Trinajstić information content (AvgIpc) is 2.89. The zero-order chi connectivity index (χ0) is 11.9. The summed E-state index contributed by atoms with van der Waals surface area (Å²) in [4.78, 5) is 1.45. The summed E-state index contributed by atoms with van der Waals surface area (Å²) in [6.45, 7) is 3.19. The molecule has 1 aromatic heterocycles. The predicted molar refractivity (Wildman–Crippen MR) is 75.2 cm³/mol. The predicted octanol–water partition coefficient (Wildman–Crippen LogP) is 4.38. The van der Waals surface area contributed by atoms with Crippen LogP contribution in [0.5, 0.6) is 0 Å². The minimum absolute atomic E-state index is 0.500. The Bertz CT molecular complexity index is 408. The van der Waals surface area contributed by atoms with Crippen LogP contribution in [0.3, 0.4) is 0 Å². The second-order valence-electron chi connectivity index (χ2n) is 4.22. The second kappa shape index (κ2) is 6.58. The van der Waals surface area contributed by atoms with Crippen LogP contribution in [0.15, 0.2) is 47.8 Å². The number of hydrogen-bond acceptors (Lipinski definition) is 2. The SMILES string of the molecule is CCCC(NCc1ccccc1)c1cccs1. The molecule has 0 aliphatic heterocycles. The maximum atomic E-state index is 3.65. The van der Waals surface area contributed by atoms with Crippen molar-refractivity contribution in [2.75, 3.05) is 0 Å². The van der Waals surface area contributed by atoms with Crippen LogP contribution in [0.2, 0.25) is 0 Å². The first-order chi connectivity index (χ1) is 8.40. The first kappa shape index (κ1) is 12.3. The summed E-state index contributed by atoms with van der Waals surface area (Å²) in [6, 6.07) is 15.4. The standard InChI is InChI=1S/C15H19NS/c1-2-7-14(15-10-6-11-17-15)16-12-13-8-4-3-5-9-13/h3-6,8-11,14,16H,2,7,12H2,1H3. The smallest absolute Gasteiger partial charge is 0.0417 e. The van der Waals surface area contributed by atoms with Gasteiger partial charge in [-0.3, -0.25) is 0 Å². The van der Waals surface area contributed by atoms with Crippen molar-refractivity contribution in [3.05, 3.63) is 58.3 Å². The number of hydrogen-bond donors (Lipinski definition) is 1. The molecule has 0 saturated heterocycles. The highest BCUT2D eigenvalue weighted by Crippen LogP contribution is 2.23. The monoisotopic (exact) mass is 245 g/mol. The van der Waals surface area contributed by atoms with Gasteiger partial charge in [0.05, 0.1) is 0 Å². The van der Waals surface area contributed by atoms with Crippen molar-refractivity contribution in [3.8, 4) is 0 Å². The molecule has 2 heteroatoms. The fraction of sp³-hybridized carbons (Fsp3) is 0.333. The van der Waals surface area contributed by atoms with E-state index in [4.69, 9.17) is 0 Å². The highest BCUT2D eigenvalue weighted by Gasteiger charge is 2.10. The van der Waals surface area contributed by atoms with Crippen molar-refractivity contribution in [1.29, 1.82) is 0 Å². The number of benzene rings is 1. The van der Waals surface area contributed by atoms with E-state index in [1.807, 2.05) is 11.3 Å². The van der Waals surface area contributed by atoms with E-state index in [1.165, 1.54) is 23.3 Å². The quantitative estimate of drug-likeness (QED) is 0.796. The van der Waals surface area contributed by atoms with Gasteiger partial charge < -0.3 is 5.32 Å². The van der Waals surface area contributed by atoms with E-state index < -0.39 is 0 Å². The van der Waals surface area contributed by atoms with Gasteiger partial charge in [0.15, 0.2) is 0 Å². The summed E-state index contributed by atoms with van der Waals surface area (Å²) in [6.07, 6.45) is 2.41. The minimum Gasteiger partial charge on any atom is -0.305 e. The molecule has 1 atom stereocenters. The molecule has 0 bridgehead atoms. The summed E-state index contributed by atoms with van der Waals surface area (Å²) in [7, 11) is 0. The maximum absolute atomic E-state index is 3.65.